The number of benzene rings is 2. The van der Waals surface area contributed by atoms with Crippen LogP contribution in [0.1, 0.15) is 62.5 Å². The van der Waals surface area contributed by atoms with Crippen LogP contribution in [0, 0.1) is 0 Å². The average Bonchev–Trinajstić information content (AvgIpc) is 2.72. The molecule has 0 bridgehead atoms. The average molecular weight is 561 g/mol. The summed E-state index contributed by atoms with van der Waals surface area (Å²) in [5, 5.41) is 20.0. The number of rotatable bonds is 11. The van der Waals surface area contributed by atoms with Gasteiger partial charge in [-0.25, -0.2) is 0 Å². The van der Waals surface area contributed by atoms with Gasteiger partial charge in [-0.1, -0.05) is 32.0 Å². The van der Waals surface area contributed by atoms with E-state index in [9.17, 15) is 43.7 Å². The monoisotopic (exact) mass is 561 g/mol. The molecule has 0 aromatic heterocycles. The molecule has 1 amide bonds. The van der Waals surface area contributed by atoms with Crippen molar-refractivity contribution in [2.75, 3.05) is 5.32 Å². The predicted octanol–water partition coefficient (Wildman–Crippen LogP) is 3.42. The summed E-state index contributed by atoms with van der Waals surface area (Å²) in [7, 11) is -10.3. The number of hydrogen-bond donors (Lipinski definition) is 7. The Hall–Kier alpha value is -0.190. The van der Waals surface area contributed by atoms with Crippen LogP contribution in [-0.2, 0) is 13.9 Å². The van der Waals surface area contributed by atoms with E-state index >= 15 is 0 Å². The van der Waals surface area contributed by atoms with E-state index in [2.05, 4.69) is 5.32 Å². The van der Waals surface area contributed by atoms with Crippen molar-refractivity contribution >= 4 is 85.9 Å². The van der Waals surface area contributed by atoms with Gasteiger partial charge in [0.1, 0.15) is 11.5 Å². The van der Waals surface area contributed by atoms with E-state index in [1.54, 1.807) is 24.3 Å². The molecule has 36 heavy (non-hydrogen) atoms. The zero-order chi connectivity index (χ0) is 25.7. The Morgan fingerprint density at radius 2 is 1.31 bits per heavy atom. The predicted molar refractivity (Wildman–Crippen MR) is 140 cm³/mol. The number of amides is 1. The van der Waals surface area contributed by atoms with Gasteiger partial charge in [-0.2, -0.15) is 0 Å². The minimum Gasteiger partial charge on any atom is -0.508 e. The standard InChI is InChI=1S/C22H31NO9P2.2Na/c1-3-17(14-5-8-16(24)9-6-14)18(4-2)15-7-10-20(25)19(13-15)23-21(26)11-12-22(33(27,28)29)34(30,31)32;;/h5-10,13,17-18,22,24-25H,3-4,11-12H2,1-2H3,(H,23,26)(H2,27,28,29)(H2,30,31,32);;. The van der Waals surface area contributed by atoms with E-state index in [0.717, 1.165) is 24.0 Å². The molecular weight excluding hydrogens is 530 g/mol. The number of nitrogens with one attached hydrogen (secondary N) is 1. The van der Waals surface area contributed by atoms with Crippen molar-refractivity contribution in [2.45, 2.75) is 56.8 Å². The van der Waals surface area contributed by atoms with Gasteiger partial charge in [0.2, 0.25) is 5.91 Å². The van der Waals surface area contributed by atoms with Crippen molar-refractivity contribution in [1.82, 2.24) is 0 Å². The third kappa shape index (κ3) is 10.2. The molecule has 0 aliphatic heterocycles. The van der Waals surface area contributed by atoms with Crippen molar-refractivity contribution in [2.24, 2.45) is 0 Å². The second-order valence-corrected chi connectivity index (χ2v) is 12.2. The zero-order valence-electron chi connectivity index (χ0n) is 20.9. The zero-order valence-corrected chi connectivity index (χ0v) is 26.7. The van der Waals surface area contributed by atoms with Crippen LogP contribution < -0.4 is 5.32 Å². The van der Waals surface area contributed by atoms with Crippen molar-refractivity contribution in [1.29, 1.82) is 0 Å². The first kappa shape index (κ1) is 35.8. The SMILES string of the molecule is CCC(c1ccc(O)cc1)C(CC)c1ccc(O)c(NC(=O)CCC(P(=O)(O)O)P(=O)(O)O)c1.[Na].[Na]. The van der Waals surface area contributed by atoms with Crippen LogP contribution in [0.5, 0.6) is 11.5 Å². The number of anilines is 1. The quantitative estimate of drug-likeness (QED) is 0.123. The van der Waals surface area contributed by atoms with Crippen LogP contribution in [0.3, 0.4) is 0 Å². The number of phenolic OH excluding ortho intramolecular Hbond substituents is 2. The summed E-state index contributed by atoms with van der Waals surface area (Å²) in [6.45, 7) is 4.06. The summed E-state index contributed by atoms with van der Waals surface area (Å²) in [6.07, 6.45) is 0.270. The number of carbonyl (C=O) groups is 1. The Kier molecular flexibility index (Phi) is 15.3. The van der Waals surface area contributed by atoms with Gasteiger partial charge >= 0.3 is 15.2 Å². The van der Waals surface area contributed by atoms with Crippen molar-refractivity contribution in [3.8, 4) is 11.5 Å². The maximum absolute atomic E-state index is 12.4. The van der Waals surface area contributed by atoms with Crippen LogP contribution >= 0.6 is 15.2 Å². The van der Waals surface area contributed by atoms with Gasteiger partial charge in [-0.15, -0.1) is 0 Å². The summed E-state index contributed by atoms with van der Waals surface area (Å²) in [6, 6.07) is 11.8. The molecule has 2 radical (unpaired) electrons. The molecule has 2 atom stereocenters. The molecule has 0 aliphatic carbocycles. The summed E-state index contributed by atoms with van der Waals surface area (Å²) >= 11 is 0. The number of carbonyl (C=O) groups excluding carboxylic acids is 1. The molecule has 0 aliphatic rings. The van der Waals surface area contributed by atoms with E-state index in [-0.39, 0.29) is 88.1 Å². The molecule has 14 heteroatoms. The molecule has 0 saturated heterocycles. The molecule has 0 fully saturated rings. The van der Waals surface area contributed by atoms with Crippen LogP contribution in [0.2, 0.25) is 0 Å². The van der Waals surface area contributed by atoms with Gasteiger partial charge < -0.3 is 35.1 Å². The molecule has 190 valence electrons. The summed E-state index contributed by atoms with van der Waals surface area (Å²) < 4.78 is 22.8. The molecule has 2 aromatic rings. The normalized spacial score (nSPS) is 13.3. The molecule has 0 heterocycles. The van der Waals surface area contributed by atoms with Crippen LogP contribution in [-0.4, -0.2) is 100 Å². The van der Waals surface area contributed by atoms with Gasteiger partial charge in [-0.05, 0) is 66.5 Å². The Balaban J connectivity index is 0.00000612. The first-order valence-corrected chi connectivity index (χ1v) is 14.2. The van der Waals surface area contributed by atoms with Crippen molar-refractivity contribution in [3.05, 3.63) is 53.6 Å². The Bertz CT molecular complexity index is 1070. The number of hydrogen-bond acceptors (Lipinski definition) is 5. The van der Waals surface area contributed by atoms with Crippen LogP contribution in [0.25, 0.3) is 0 Å². The van der Waals surface area contributed by atoms with Gasteiger partial charge in [0, 0.05) is 65.5 Å². The van der Waals surface area contributed by atoms with E-state index in [1.165, 1.54) is 6.07 Å². The Morgan fingerprint density at radius 1 is 0.833 bits per heavy atom. The maximum atomic E-state index is 12.4. The molecular formula is C22H31NNa2O9P2. The number of phenols is 2. The minimum absolute atomic E-state index is 0. The second kappa shape index (κ2) is 15.4. The Labute approximate surface area is 254 Å². The van der Waals surface area contributed by atoms with Crippen molar-refractivity contribution < 1.29 is 43.7 Å². The van der Waals surface area contributed by atoms with Crippen LogP contribution in [0.15, 0.2) is 42.5 Å². The van der Waals surface area contributed by atoms with E-state index in [4.69, 9.17) is 0 Å². The smallest absolute Gasteiger partial charge is 0.340 e. The summed E-state index contributed by atoms with van der Waals surface area (Å²) in [5.74, 6) is -0.671. The fraction of sp³-hybridized carbons (Fsp3) is 0.409. The molecule has 7 N–H and O–H groups in total. The molecule has 2 unspecified atom stereocenters. The summed E-state index contributed by atoms with van der Waals surface area (Å²) in [5.41, 5.74) is 1.97. The Morgan fingerprint density at radius 3 is 1.78 bits per heavy atom. The molecule has 0 spiro atoms. The topological polar surface area (TPSA) is 185 Å². The fourth-order valence-electron chi connectivity index (χ4n) is 4.12. The molecule has 10 nitrogen and oxygen atoms in total. The third-order valence-electron chi connectivity index (χ3n) is 5.82. The largest absolute Gasteiger partial charge is 0.508 e. The molecule has 0 saturated carbocycles. The van der Waals surface area contributed by atoms with E-state index in [0.29, 0.717) is 0 Å². The first-order chi connectivity index (χ1) is 15.8. The third-order valence-corrected chi connectivity index (χ3v) is 9.69. The van der Waals surface area contributed by atoms with E-state index < -0.39 is 39.3 Å². The number of aromatic hydroxyl groups is 2. The fourth-order valence-corrected chi connectivity index (χ4v) is 6.61. The summed E-state index contributed by atoms with van der Waals surface area (Å²) in [4.78, 5) is 49.2. The first-order valence-electron chi connectivity index (χ1n) is 10.8. The van der Waals surface area contributed by atoms with Crippen molar-refractivity contribution in [3.63, 3.8) is 0 Å². The van der Waals surface area contributed by atoms with Gasteiger partial charge in [0.05, 0.1) is 5.69 Å². The van der Waals surface area contributed by atoms with Gasteiger partial charge in [-0.3, -0.25) is 13.9 Å². The maximum Gasteiger partial charge on any atom is 0.340 e. The minimum atomic E-state index is -5.13. The van der Waals surface area contributed by atoms with E-state index in [1.807, 2.05) is 26.0 Å². The molecule has 2 rings (SSSR count). The van der Waals surface area contributed by atoms with Gasteiger partial charge in [0.15, 0.2) is 5.40 Å². The van der Waals surface area contributed by atoms with Crippen LogP contribution in [0.4, 0.5) is 5.69 Å². The van der Waals surface area contributed by atoms with Gasteiger partial charge in [0.25, 0.3) is 0 Å². The molecule has 2 aromatic carbocycles. The second-order valence-electron chi connectivity index (χ2n) is 8.14.